The van der Waals surface area contributed by atoms with Crippen molar-refractivity contribution in [2.24, 2.45) is 0 Å². The lowest BCUT2D eigenvalue weighted by Gasteiger charge is -2.22. The van der Waals surface area contributed by atoms with Crippen LogP contribution in [0.2, 0.25) is 0 Å². The van der Waals surface area contributed by atoms with Gasteiger partial charge in [-0.25, -0.2) is 0 Å². The Balaban J connectivity index is 3.68. The van der Waals surface area contributed by atoms with Crippen molar-refractivity contribution in [3.05, 3.63) is 32.3 Å². The molecule has 1 aromatic carbocycles. The molecule has 1 aromatic rings. The normalized spacial score (nSPS) is 12.0. The molecule has 0 saturated heterocycles. The maximum Gasteiger partial charge on any atom is 0.216 e. The largest absolute Gasteiger partial charge is 0.216 e. The van der Waals surface area contributed by atoms with Gasteiger partial charge in [0.15, 0.2) is 0 Å². The lowest BCUT2D eigenvalue weighted by atomic mass is 9.95. The first-order valence-electron chi connectivity index (χ1n) is 4.51. The second-order valence-electron chi connectivity index (χ2n) is 3.69. The molecule has 0 aromatic heterocycles. The summed E-state index contributed by atoms with van der Waals surface area (Å²) in [5, 5.41) is 0. The molecule has 0 radical (unpaired) electrons. The molecule has 0 aliphatic carbocycles. The average molecular weight is 330 g/mol. The predicted octanol–water partition coefficient (Wildman–Crippen LogP) is 5.51. The molecule has 15 heavy (non-hydrogen) atoms. The molecule has 0 atom stereocenters. The van der Waals surface area contributed by atoms with Gasteiger partial charge in [-0.2, -0.15) is 0 Å². The Morgan fingerprint density at radius 1 is 0.800 bits per heavy atom. The van der Waals surface area contributed by atoms with Crippen molar-refractivity contribution < 1.29 is 0 Å². The molecule has 0 saturated carbocycles. The number of alkyl halides is 3. The van der Waals surface area contributed by atoms with Crippen LogP contribution in [0.4, 0.5) is 0 Å². The van der Waals surface area contributed by atoms with Crippen molar-refractivity contribution >= 4 is 50.7 Å². The van der Waals surface area contributed by atoms with E-state index in [1.807, 2.05) is 27.7 Å². The van der Waals surface area contributed by atoms with Gasteiger partial charge in [0.05, 0.1) is 0 Å². The van der Waals surface area contributed by atoms with Crippen LogP contribution < -0.4 is 0 Å². The van der Waals surface area contributed by atoms with E-state index in [-0.39, 0.29) is 0 Å². The molecule has 0 nitrogen and oxygen atoms in total. The molecule has 4 heteroatoms. The van der Waals surface area contributed by atoms with Gasteiger partial charge in [-0.05, 0) is 49.9 Å². The van der Waals surface area contributed by atoms with E-state index in [0.29, 0.717) is 0 Å². The maximum absolute atomic E-state index is 5.98. The van der Waals surface area contributed by atoms with E-state index < -0.39 is 3.79 Å². The fourth-order valence-corrected chi connectivity index (χ4v) is 3.14. The maximum atomic E-state index is 5.98. The van der Waals surface area contributed by atoms with E-state index in [1.165, 1.54) is 0 Å². The summed E-state index contributed by atoms with van der Waals surface area (Å²) in [6.07, 6.45) is 0. The van der Waals surface area contributed by atoms with Crippen LogP contribution in [0.1, 0.15) is 27.8 Å². The molecule has 0 fully saturated rings. The highest BCUT2D eigenvalue weighted by Crippen LogP contribution is 2.45. The Hall–Kier alpha value is 0.570. The monoisotopic (exact) mass is 328 g/mol. The molecule has 0 unspecified atom stereocenters. The van der Waals surface area contributed by atoms with E-state index in [1.54, 1.807) is 0 Å². The number of halogens is 4. The van der Waals surface area contributed by atoms with Crippen LogP contribution >= 0.6 is 50.7 Å². The minimum Gasteiger partial charge on any atom is -0.0784 e. The molecule has 0 bridgehead atoms. The summed E-state index contributed by atoms with van der Waals surface area (Å²) in [6.45, 7) is 7.99. The molecule has 0 aliphatic heterocycles. The standard InChI is InChI=1S/C11H12BrCl3/c1-5-7(3)10(12)8(4)6(2)9(5)11(13,14)15/h1-4H3. The van der Waals surface area contributed by atoms with Crippen molar-refractivity contribution in [3.8, 4) is 0 Å². The quantitative estimate of drug-likeness (QED) is 0.550. The average Bonchev–Trinajstić information content (AvgIpc) is 2.09. The third kappa shape index (κ3) is 2.46. The van der Waals surface area contributed by atoms with Gasteiger partial charge >= 0.3 is 0 Å². The van der Waals surface area contributed by atoms with E-state index in [2.05, 4.69) is 15.9 Å². The molecule has 0 amide bonds. The van der Waals surface area contributed by atoms with Crippen LogP contribution in [-0.4, -0.2) is 0 Å². The van der Waals surface area contributed by atoms with Gasteiger partial charge in [0.25, 0.3) is 0 Å². The SMILES string of the molecule is Cc1c(C)c(C(Cl)(Cl)Cl)c(C)c(C)c1Br. The third-order valence-electron chi connectivity index (χ3n) is 2.82. The molecule has 0 aliphatic rings. The van der Waals surface area contributed by atoms with E-state index >= 15 is 0 Å². The second-order valence-corrected chi connectivity index (χ2v) is 6.76. The lowest BCUT2D eigenvalue weighted by Crippen LogP contribution is -2.09. The van der Waals surface area contributed by atoms with Gasteiger partial charge in [-0.3, -0.25) is 0 Å². The van der Waals surface area contributed by atoms with Crippen LogP contribution in [0.15, 0.2) is 4.47 Å². The van der Waals surface area contributed by atoms with Gasteiger partial charge in [-0.1, -0.05) is 50.7 Å². The second kappa shape index (κ2) is 4.44. The van der Waals surface area contributed by atoms with Crippen molar-refractivity contribution in [1.29, 1.82) is 0 Å². The minimum atomic E-state index is -1.36. The van der Waals surface area contributed by atoms with Crippen LogP contribution in [0.25, 0.3) is 0 Å². The number of benzene rings is 1. The molecule has 0 N–H and O–H groups in total. The van der Waals surface area contributed by atoms with E-state index in [9.17, 15) is 0 Å². The highest BCUT2D eigenvalue weighted by Gasteiger charge is 2.29. The smallest absolute Gasteiger partial charge is 0.0784 e. The summed E-state index contributed by atoms with van der Waals surface area (Å²) in [5.74, 6) is 0. The van der Waals surface area contributed by atoms with E-state index in [0.717, 1.165) is 32.3 Å². The zero-order chi connectivity index (χ0) is 12.0. The van der Waals surface area contributed by atoms with E-state index in [4.69, 9.17) is 34.8 Å². The number of hydrogen-bond acceptors (Lipinski definition) is 0. The molecule has 84 valence electrons. The summed E-state index contributed by atoms with van der Waals surface area (Å²) in [6, 6.07) is 0. The summed E-state index contributed by atoms with van der Waals surface area (Å²) in [5.41, 5.74) is 5.11. The Morgan fingerprint density at radius 3 is 1.40 bits per heavy atom. The first-order valence-corrected chi connectivity index (χ1v) is 6.43. The molecule has 1 rings (SSSR count). The van der Waals surface area contributed by atoms with Crippen LogP contribution in [0.5, 0.6) is 0 Å². The number of rotatable bonds is 0. The third-order valence-corrected chi connectivity index (χ3v) is 4.57. The van der Waals surface area contributed by atoms with Crippen molar-refractivity contribution in [2.75, 3.05) is 0 Å². The first-order chi connectivity index (χ1) is 6.68. The Bertz CT molecular complexity index is 376. The topological polar surface area (TPSA) is 0 Å². The Kier molecular flexibility index (Phi) is 4.04. The predicted molar refractivity (Wildman–Crippen MR) is 72.3 cm³/mol. The fraction of sp³-hybridized carbons (Fsp3) is 0.455. The summed E-state index contributed by atoms with van der Waals surface area (Å²) < 4.78 is -0.264. The first kappa shape index (κ1) is 13.6. The fourth-order valence-electron chi connectivity index (χ4n) is 1.69. The van der Waals surface area contributed by atoms with Gasteiger partial charge in [0.1, 0.15) is 0 Å². The lowest BCUT2D eigenvalue weighted by molar-refractivity contribution is 1.08. The van der Waals surface area contributed by atoms with Crippen molar-refractivity contribution in [3.63, 3.8) is 0 Å². The van der Waals surface area contributed by atoms with Gasteiger partial charge in [0, 0.05) is 10.0 Å². The van der Waals surface area contributed by atoms with Crippen LogP contribution in [0.3, 0.4) is 0 Å². The minimum absolute atomic E-state index is 0.797. The molecular weight excluding hydrogens is 318 g/mol. The number of hydrogen-bond donors (Lipinski definition) is 0. The van der Waals surface area contributed by atoms with Crippen LogP contribution in [0, 0.1) is 27.7 Å². The Morgan fingerprint density at radius 2 is 1.13 bits per heavy atom. The van der Waals surface area contributed by atoms with Crippen molar-refractivity contribution in [2.45, 2.75) is 31.5 Å². The van der Waals surface area contributed by atoms with Gasteiger partial charge < -0.3 is 0 Å². The summed E-state index contributed by atoms with van der Waals surface area (Å²) in [4.78, 5) is 0. The zero-order valence-corrected chi connectivity index (χ0v) is 12.9. The summed E-state index contributed by atoms with van der Waals surface area (Å²) >= 11 is 21.5. The zero-order valence-electron chi connectivity index (χ0n) is 9.01. The molecule has 0 heterocycles. The van der Waals surface area contributed by atoms with Crippen molar-refractivity contribution in [1.82, 2.24) is 0 Å². The molecular formula is C11H12BrCl3. The highest BCUT2D eigenvalue weighted by molar-refractivity contribution is 9.10. The van der Waals surface area contributed by atoms with Gasteiger partial charge in [-0.15, -0.1) is 0 Å². The summed E-state index contributed by atoms with van der Waals surface area (Å²) in [7, 11) is 0. The Labute approximate surface area is 114 Å². The van der Waals surface area contributed by atoms with Gasteiger partial charge in [0.2, 0.25) is 3.79 Å². The van der Waals surface area contributed by atoms with Crippen LogP contribution in [-0.2, 0) is 3.79 Å². The highest BCUT2D eigenvalue weighted by atomic mass is 79.9. The molecule has 0 spiro atoms.